The predicted octanol–water partition coefficient (Wildman–Crippen LogP) is 2.80. The molecule has 0 unspecified atom stereocenters. The maximum atomic E-state index is 4.49. The van der Waals surface area contributed by atoms with Gasteiger partial charge in [0.05, 0.1) is 6.54 Å². The number of fused-ring (bicyclic) bond motifs is 1. The summed E-state index contributed by atoms with van der Waals surface area (Å²) in [6.45, 7) is 4.21. The summed E-state index contributed by atoms with van der Waals surface area (Å²) >= 11 is 0. The fourth-order valence-electron chi connectivity index (χ4n) is 2.76. The van der Waals surface area contributed by atoms with Crippen LogP contribution in [-0.2, 0) is 6.42 Å². The maximum Gasteiger partial charge on any atom is 0.101 e. The number of hydrogen-bond donors (Lipinski definition) is 1. The van der Waals surface area contributed by atoms with Crippen molar-refractivity contribution in [2.75, 3.05) is 13.1 Å². The zero-order valence-electron chi connectivity index (χ0n) is 10.3. The number of amidine groups is 1. The molecule has 0 fully saturated rings. The quantitative estimate of drug-likeness (QED) is 0.824. The summed E-state index contributed by atoms with van der Waals surface area (Å²) in [5, 5.41) is 3.36. The van der Waals surface area contributed by atoms with Gasteiger partial charge in [0.2, 0.25) is 0 Å². The van der Waals surface area contributed by atoms with Gasteiger partial charge in [-0.15, -0.1) is 0 Å². The molecular formula is C15H18N2. The van der Waals surface area contributed by atoms with E-state index in [9.17, 15) is 0 Å². The van der Waals surface area contributed by atoms with Gasteiger partial charge in [-0.25, -0.2) is 0 Å². The number of nitrogens with one attached hydrogen (secondary N) is 1. The second-order valence-corrected chi connectivity index (χ2v) is 4.82. The van der Waals surface area contributed by atoms with Crippen molar-refractivity contribution >= 4 is 11.4 Å². The molecule has 0 radical (unpaired) electrons. The van der Waals surface area contributed by atoms with Crippen LogP contribution in [-0.4, -0.2) is 18.9 Å². The van der Waals surface area contributed by atoms with Crippen molar-refractivity contribution in [2.45, 2.75) is 26.2 Å². The van der Waals surface area contributed by atoms with E-state index in [-0.39, 0.29) is 0 Å². The molecule has 0 spiro atoms. The van der Waals surface area contributed by atoms with Crippen molar-refractivity contribution < 1.29 is 0 Å². The van der Waals surface area contributed by atoms with E-state index in [0.29, 0.717) is 0 Å². The van der Waals surface area contributed by atoms with E-state index in [1.54, 1.807) is 5.57 Å². The lowest BCUT2D eigenvalue weighted by atomic mass is 9.85. The Hall–Kier alpha value is -1.57. The van der Waals surface area contributed by atoms with Crippen LogP contribution in [0, 0.1) is 0 Å². The molecule has 1 aromatic rings. The zero-order valence-corrected chi connectivity index (χ0v) is 10.3. The van der Waals surface area contributed by atoms with E-state index in [1.165, 1.54) is 35.4 Å². The average Bonchev–Trinajstić information content (AvgIpc) is 2.86. The fraction of sp³-hybridized carbons (Fsp3) is 0.400. The number of benzene rings is 1. The lowest BCUT2D eigenvalue weighted by Crippen LogP contribution is -2.20. The van der Waals surface area contributed by atoms with Gasteiger partial charge in [-0.1, -0.05) is 29.8 Å². The summed E-state index contributed by atoms with van der Waals surface area (Å²) in [5.41, 5.74) is 5.95. The van der Waals surface area contributed by atoms with E-state index in [0.717, 1.165) is 19.5 Å². The summed E-state index contributed by atoms with van der Waals surface area (Å²) in [7, 11) is 0. The van der Waals surface area contributed by atoms with Crippen LogP contribution in [0.15, 0.2) is 34.8 Å². The molecule has 17 heavy (non-hydrogen) atoms. The summed E-state index contributed by atoms with van der Waals surface area (Å²) < 4.78 is 0. The Kier molecular flexibility index (Phi) is 2.71. The highest BCUT2D eigenvalue weighted by atomic mass is 15.1. The van der Waals surface area contributed by atoms with Crippen LogP contribution in [0.25, 0.3) is 5.57 Å². The minimum Gasteiger partial charge on any atom is -0.372 e. The van der Waals surface area contributed by atoms with Crippen LogP contribution < -0.4 is 5.32 Å². The monoisotopic (exact) mass is 226 g/mol. The van der Waals surface area contributed by atoms with Gasteiger partial charge < -0.3 is 5.32 Å². The minimum atomic E-state index is 0.943. The maximum absolute atomic E-state index is 4.49. The van der Waals surface area contributed by atoms with Crippen molar-refractivity contribution in [3.05, 3.63) is 41.0 Å². The normalized spacial score (nSPS) is 18.8. The molecular weight excluding hydrogens is 208 g/mol. The molecule has 0 bridgehead atoms. The number of hydrogen-bond acceptors (Lipinski definition) is 2. The Morgan fingerprint density at radius 3 is 2.94 bits per heavy atom. The Balaban J connectivity index is 1.90. The minimum absolute atomic E-state index is 0.943. The number of allylic oxidation sites excluding steroid dienone is 1. The molecule has 2 heteroatoms. The van der Waals surface area contributed by atoms with Gasteiger partial charge >= 0.3 is 0 Å². The number of aliphatic imine (C=N–C) groups is 1. The molecule has 1 aliphatic heterocycles. The fourth-order valence-corrected chi connectivity index (χ4v) is 2.76. The van der Waals surface area contributed by atoms with E-state index in [2.05, 4.69) is 41.5 Å². The second kappa shape index (κ2) is 4.36. The Morgan fingerprint density at radius 2 is 2.12 bits per heavy atom. The van der Waals surface area contributed by atoms with Crippen LogP contribution in [0.5, 0.6) is 0 Å². The van der Waals surface area contributed by atoms with E-state index < -0.39 is 0 Å². The molecule has 2 nitrogen and oxygen atoms in total. The van der Waals surface area contributed by atoms with E-state index in [1.807, 2.05) is 0 Å². The number of aryl methyl sites for hydroxylation is 1. The van der Waals surface area contributed by atoms with Crippen molar-refractivity contribution in [2.24, 2.45) is 4.99 Å². The van der Waals surface area contributed by atoms with Gasteiger partial charge in [0.15, 0.2) is 0 Å². The highest BCUT2D eigenvalue weighted by Crippen LogP contribution is 2.32. The van der Waals surface area contributed by atoms with Gasteiger partial charge in [0.25, 0.3) is 0 Å². The highest BCUT2D eigenvalue weighted by Gasteiger charge is 2.17. The Bertz CT molecular complexity index is 497. The molecule has 3 rings (SSSR count). The van der Waals surface area contributed by atoms with Gasteiger partial charge in [0, 0.05) is 13.0 Å². The Labute approximate surface area is 102 Å². The topological polar surface area (TPSA) is 24.4 Å². The smallest absolute Gasteiger partial charge is 0.101 e. The molecule has 1 aromatic carbocycles. The largest absolute Gasteiger partial charge is 0.372 e. The summed E-state index contributed by atoms with van der Waals surface area (Å²) in [6, 6.07) is 8.77. The predicted molar refractivity (Wildman–Crippen MR) is 72.3 cm³/mol. The number of rotatable bonds is 2. The summed E-state index contributed by atoms with van der Waals surface area (Å²) in [5.74, 6) is 1.18. The molecule has 1 heterocycles. The molecule has 0 atom stereocenters. The first-order valence-electron chi connectivity index (χ1n) is 6.38. The van der Waals surface area contributed by atoms with Gasteiger partial charge in [0.1, 0.15) is 5.84 Å². The first-order chi connectivity index (χ1) is 8.34. The molecule has 0 aromatic heterocycles. The van der Waals surface area contributed by atoms with Crippen LogP contribution in [0.4, 0.5) is 0 Å². The average molecular weight is 226 g/mol. The number of nitrogens with zero attached hydrogens (tertiary/aromatic N) is 1. The molecule has 1 N–H and O–H groups in total. The molecule has 0 saturated carbocycles. The SMILES string of the molecule is CC1=C(CC2=NCCN2)CCc2ccccc21. The van der Waals surface area contributed by atoms with Crippen LogP contribution in [0.1, 0.15) is 30.9 Å². The molecule has 0 saturated heterocycles. The van der Waals surface area contributed by atoms with Crippen LogP contribution in [0.2, 0.25) is 0 Å². The van der Waals surface area contributed by atoms with Gasteiger partial charge in [-0.3, -0.25) is 4.99 Å². The van der Waals surface area contributed by atoms with Crippen LogP contribution in [0.3, 0.4) is 0 Å². The van der Waals surface area contributed by atoms with Gasteiger partial charge in [-0.2, -0.15) is 0 Å². The van der Waals surface area contributed by atoms with E-state index in [4.69, 9.17) is 0 Å². The zero-order chi connectivity index (χ0) is 11.7. The molecule has 0 amide bonds. The lowest BCUT2D eigenvalue weighted by Gasteiger charge is -2.21. The summed E-state index contributed by atoms with van der Waals surface area (Å²) in [4.78, 5) is 4.49. The second-order valence-electron chi connectivity index (χ2n) is 4.82. The van der Waals surface area contributed by atoms with E-state index >= 15 is 0 Å². The van der Waals surface area contributed by atoms with Crippen molar-refractivity contribution in [1.82, 2.24) is 5.32 Å². The Morgan fingerprint density at radius 1 is 1.24 bits per heavy atom. The van der Waals surface area contributed by atoms with Crippen molar-refractivity contribution in [3.8, 4) is 0 Å². The molecule has 1 aliphatic carbocycles. The third-order valence-electron chi connectivity index (χ3n) is 3.77. The molecule has 2 aliphatic rings. The lowest BCUT2D eigenvalue weighted by molar-refractivity contribution is 0.885. The van der Waals surface area contributed by atoms with Crippen molar-refractivity contribution in [1.29, 1.82) is 0 Å². The van der Waals surface area contributed by atoms with Gasteiger partial charge in [-0.05, 0) is 36.5 Å². The molecule has 88 valence electrons. The first kappa shape index (κ1) is 10.6. The van der Waals surface area contributed by atoms with Crippen molar-refractivity contribution in [3.63, 3.8) is 0 Å². The third kappa shape index (κ3) is 1.99. The highest BCUT2D eigenvalue weighted by molar-refractivity contribution is 5.88. The standard InChI is InChI=1S/C15H18N2/c1-11-13(10-15-16-8-9-17-15)7-6-12-4-2-3-5-14(11)12/h2-5H,6-10H2,1H3,(H,16,17). The third-order valence-corrected chi connectivity index (χ3v) is 3.77. The first-order valence-corrected chi connectivity index (χ1v) is 6.38. The summed E-state index contributed by atoms with van der Waals surface area (Å²) in [6.07, 6.45) is 3.37. The van der Waals surface area contributed by atoms with Crippen LogP contribution >= 0.6 is 0 Å².